The Labute approximate surface area is 243 Å². The van der Waals surface area contributed by atoms with E-state index in [0.29, 0.717) is 17.2 Å². The second-order valence-corrected chi connectivity index (χ2v) is 11.1. The molecule has 0 saturated carbocycles. The molecule has 41 heavy (non-hydrogen) atoms. The number of hydrogen-bond donors (Lipinski definition) is 2. The fraction of sp³-hybridized carbons (Fsp3) is 0.394. The average molecular weight is 556 g/mol. The van der Waals surface area contributed by atoms with Gasteiger partial charge in [-0.1, -0.05) is 38.1 Å². The van der Waals surface area contributed by atoms with Gasteiger partial charge in [0.15, 0.2) is 0 Å². The van der Waals surface area contributed by atoms with Crippen molar-refractivity contribution in [1.82, 2.24) is 4.90 Å². The molecule has 216 valence electrons. The minimum atomic E-state index is -0.336. The monoisotopic (exact) mass is 555 g/mol. The van der Waals surface area contributed by atoms with Crippen molar-refractivity contribution in [3.05, 3.63) is 77.9 Å². The molecule has 3 aromatic rings. The first-order chi connectivity index (χ1) is 19.9. The molecule has 2 aliphatic rings. The molecule has 8 nitrogen and oxygen atoms in total. The maximum atomic E-state index is 13.8. The topological polar surface area (TPSA) is 77.1 Å². The summed E-state index contributed by atoms with van der Waals surface area (Å²) in [5.74, 6) is 1.32. The number of benzene rings is 3. The number of urea groups is 1. The van der Waals surface area contributed by atoms with Crippen LogP contribution in [0.15, 0.2) is 66.7 Å². The van der Waals surface area contributed by atoms with Gasteiger partial charge in [0.05, 0.1) is 18.4 Å². The first kappa shape index (κ1) is 28.3. The fourth-order valence-electron chi connectivity index (χ4n) is 5.65. The third-order valence-electron chi connectivity index (χ3n) is 8.01. The van der Waals surface area contributed by atoms with Gasteiger partial charge in [0.1, 0.15) is 5.75 Å². The highest BCUT2D eigenvalue weighted by molar-refractivity contribution is 6.04. The van der Waals surface area contributed by atoms with Gasteiger partial charge in [-0.2, -0.15) is 0 Å². The zero-order valence-corrected chi connectivity index (χ0v) is 24.4. The molecule has 3 amide bonds. The van der Waals surface area contributed by atoms with Crippen LogP contribution in [0.5, 0.6) is 5.75 Å². The Balaban J connectivity index is 1.33. The molecule has 0 aliphatic carbocycles. The van der Waals surface area contributed by atoms with Crippen molar-refractivity contribution in [3.8, 4) is 5.75 Å². The molecular formula is C33H41N5O3. The number of nitrogens with zero attached hydrogens (tertiary/aromatic N) is 3. The van der Waals surface area contributed by atoms with E-state index in [0.717, 1.165) is 81.3 Å². The Hall–Kier alpha value is -4.20. The third kappa shape index (κ3) is 6.76. The van der Waals surface area contributed by atoms with Crippen molar-refractivity contribution in [2.24, 2.45) is 0 Å². The molecule has 2 saturated heterocycles. The van der Waals surface area contributed by atoms with E-state index in [2.05, 4.69) is 40.3 Å². The molecule has 2 N–H and O–H groups in total. The van der Waals surface area contributed by atoms with Gasteiger partial charge in [0, 0.05) is 56.3 Å². The van der Waals surface area contributed by atoms with E-state index < -0.39 is 0 Å². The first-order valence-electron chi connectivity index (χ1n) is 14.7. The van der Waals surface area contributed by atoms with E-state index in [-0.39, 0.29) is 11.9 Å². The number of hydrogen-bond acceptors (Lipinski definition) is 5. The smallest absolute Gasteiger partial charge is 0.323 e. The average Bonchev–Trinajstić information content (AvgIpc) is 3.01. The van der Waals surface area contributed by atoms with Crippen LogP contribution in [0.25, 0.3) is 0 Å². The number of nitrogens with one attached hydrogen (secondary N) is 2. The molecule has 8 heteroatoms. The van der Waals surface area contributed by atoms with Crippen LogP contribution in [-0.4, -0.2) is 63.2 Å². The SMILES string of the molecule is COc1ccccc1N1CCN(c2ccc(NC(=O)Nc3ccc(C(C)C)cc3)cc2C(=O)N2CCCCC2)CC1. The molecule has 0 unspecified atom stereocenters. The Bertz CT molecular complexity index is 1340. The molecule has 0 aromatic heterocycles. The number of carbonyl (C=O) groups is 2. The standard InChI is InChI=1S/C33H41N5O3/c1-24(2)25-11-13-26(14-12-25)34-33(40)35-27-15-16-29(28(23-27)32(39)38-17-7-4-8-18-38)36-19-21-37(22-20-36)30-9-5-6-10-31(30)41-3/h5-6,9-16,23-24H,4,7-8,17-22H2,1-3H3,(H2,34,35,40). The molecule has 0 spiro atoms. The Kier molecular flexibility index (Phi) is 8.97. The van der Waals surface area contributed by atoms with E-state index in [9.17, 15) is 9.59 Å². The number of carbonyl (C=O) groups excluding carboxylic acids is 2. The Morgan fingerprint density at radius 1 is 0.732 bits per heavy atom. The maximum Gasteiger partial charge on any atom is 0.323 e. The van der Waals surface area contributed by atoms with E-state index in [1.54, 1.807) is 7.11 Å². The van der Waals surface area contributed by atoms with Gasteiger partial charge >= 0.3 is 6.03 Å². The Morgan fingerprint density at radius 3 is 2.00 bits per heavy atom. The van der Waals surface area contributed by atoms with Crippen LogP contribution in [0, 0.1) is 0 Å². The van der Waals surface area contributed by atoms with Gasteiger partial charge in [-0.25, -0.2) is 4.79 Å². The molecule has 3 aromatic carbocycles. The second-order valence-electron chi connectivity index (χ2n) is 11.1. The number of piperazine rings is 1. The van der Waals surface area contributed by atoms with Gasteiger partial charge in [-0.05, 0) is 73.2 Å². The zero-order valence-electron chi connectivity index (χ0n) is 24.4. The highest BCUT2D eigenvalue weighted by Crippen LogP contribution is 2.32. The van der Waals surface area contributed by atoms with Crippen LogP contribution in [0.1, 0.15) is 54.9 Å². The van der Waals surface area contributed by atoms with Crippen molar-refractivity contribution in [3.63, 3.8) is 0 Å². The van der Waals surface area contributed by atoms with E-state index in [1.165, 1.54) is 5.56 Å². The second kappa shape index (κ2) is 13.0. The predicted molar refractivity (Wildman–Crippen MR) is 167 cm³/mol. The van der Waals surface area contributed by atoms with Gasteiger partial charge in [0.25, 0.3) is 5.91 Å². The molecule has 0 bridgehead atoms. The summed E-state index contributed by atoms with van der Waals surface area (Å²) in [6.07, 6.45) is 3.20. The molecule has 2 fully saturated rings. The van der Waals surface area contributed by atoms with Gasteiger partial charge < -0.3 is 30.1 Å². The number of methoxy groups -OCH3 is 1. The molecule has 0 atom stereocenters. The minimum absolute atomic E-state index is 0.0280. The highest BCUT2D eigenvalue weighted by atomic mass is 16.5. The van der Waals surface area contributed by atoms with E-state index in [4.69, 9.17) is 4.74 Å². The number of anilines is 4. The normalized spacial score (nSPS) is 15.6. The summed E-state index contributed by atoms with van der Waals surface area (Å²) in [4.78, 5) is 33.2. The van der Waals surface area contributed by atoms with Crippen molar-refractivity contribution in [1.29, 1.82) is 0 Å². The number of amides is 3. The Morgan fingerprint density at radius 2 is 1.34 bits per heavy atom. The minimum Gasteiger partial charge on any atom is -0.495 e. The molecule has 2 aliphatic heterocycles. The van der Waals surface area contributed by atoms with Crippen LogP contribution in [0.4, 0.5) is 27.5 Å². The number of para-hydroxylation sites is 2. The third-order valence-corrected chi connectivity index (χ3v) is 8.01. The lowest BCUT2D eigenvalue weighted by atomic mass is 10.0. The summed E-state index contributed by atoms with van der Waals surface area (Å²) in [7, 11) is 1.70. The zero-order chi connectivity index (χ0) is 28.8. The lowest BCUT2D eigenvalue weighted by molar-refractivity contribution is 0.0725. The van der Waals surface area contributed by atoms with Crippen LogP contribution in [-0.2, 0) is 0 Å². The summed E-state index contributed by atoms with van der Waals surface area (Å²) in [6.45, 7) is 9.00. The van der Waals surface area contributed by atoms with Crippen molar-refractivity contribution >= 4 is 34.7 Å². The van der Waals surface area contributed by atoms with E-state index >= 15 is 0 Å². The van der Waals surface area contributed by atoms with Crippen LogP contribution >= 0.6 is 0 Å². The van der Waals surface area contributed by atoms with Crippen molar-refractivity contribution < 1.29 is 14.3 Å². The largest absolute Gasteiger partial charge is 0.495 e. The van der Waals surface area contributed by atoms with Crippen LogP contribution in [0.2, 0.25) is 0 Å². The molecule has 2 heterocycles. The predicted octanol–water partition coefficient (Wildman–Crippen LogP) is 6.42. The summed E-state index contributed by atoms with van der Waals surface area (Å²) in [5, 5.41) is 5.84. The molecule has 5 rings (SSSR count). The summed E-state index contributed by atoms with van der Waals surface area (Å²) >= 11 is 0. The summed E-state index contributed by atoms with van der Waals surface area (Å²) in [5.41, 5.74) is 5.17. The molecule has 0 radical (unpaired) electrons. The lowest BCUT2D eigenvalue weighted by Crippen LogP contribution is -2.47. The number of piperidine rings is 1. The van der Waals surface area contributed by atoms with Gasteiger partial charge in [-0.3, -0.25) is 4.79 Å². The van der Waals surface area contributed by atoms with Crippen LogP contribution < -0.4 is 25.2 Å². The highest BCUT2D eigenvalue weighted by Gasteiger charge is 2.26. The maximum absolute atomic E-state index is 13.8. The van der Waals surface area contributed by atoms with Crippen molar-refractivity contribution in [2.75, 3.05) is 66.8 Å². The summed E-state index contributed by atoms with van der Waals surface area (Å²) in [6, 6.07) is 21.3. The molecular weight excluding hydrogens is 514 g/mol. The lowest BCUT2D eigenvalue weighted by Gasteiger charge is -2.39. The number of rotatable bonds is 7. The van der Waals surface area contributed by atoms with Gasteiger partial charge in [0.2, 0.25) is 0 Å². The van der Waals surface area contributed by atoms with E-state index in [1.807, 2.05) is 65.6 Å². The van der Waals surface area contributed by atoms with Gasteiger partial charge in [-0.15, -0.1) is 0 Å². The number of ether oxygens (including phenoxy) is 1. The quantitative estimate of drug-likeness (QED) is 0.352. The van der Waals surface area contributed by atoms with Crippen molar-refractivity contribution in [2.45, 2.75) is 39.0 Å². The first-order valence-corrected chi connectivity index (χ1v) is 14.7. The number of likely N-dealkylation sites (tertiary alicyclic amines) is 1. The summed E-state index contributed by atoms with van der Waals surface area (Å²) < 4.78 is 5.58. The fourth-order valence-corrected chi connectivity index (χ4v) is 5.65. The van der Waals surface area contributed by atoms with Crippen LogP contribution in [0.3, 0.4) is 0 Å².